The van der Waals surface area contributed by atoms with E-state index in [-0.39, 0.29) is 11.9 Å². The molecule has 0 aromatic heterocycles. The van der Waals surface area contributed by atoms with Gasteiger partial charge in [-0.15, -0.1) is 0 Å². The first-order valence-corrected chi connectivity index (χ1v) is 11.8. The van der Waals surface area contributed by atoms with Crippen molar-refractivity contribution >= 4 is 41.2 Å². The van der Waals surface area contributed by atoms with E-state index in [4.69, 9.17) is 9.47 Å². The third-order valence-electron chi connectivity index (χ3n) is 4.10. The van der Waals surface area contributed by atoms with Crippen LogP contribution in [0.15, 0.2) is 24.3 Å². The second-order valence-electron chi connectivity index (χ2n) is 8.11. The molecule has 0 radical (unpaired) electrons. The highest BCUT2D eigenvalue weighted by Gasteiger charge is 2.17. The van der Waals surface area contributed by atoms with Crippen LogP contribution < -0.4 is 4.74 Å². The Hall–Kier alpha value is -1.64. The molecule has 0 aliphatic rings. The van der Waals surface area contributed by atoms with Gasteiger partial charge >= 0.3 is 11.9 Å². The number of carbonyl (C=O) groups excluding carboxylic acids is 3. The van der Waals surface area contributed by atoms with E-state index in [0.717, 1.165) is 37.7 Å². The zero-order chi connectivity index (χ0) is 23.5. The Morgan fingerprint density at radius 3 is 1.94 bits per heavy atom. The van der Waals surface area contributed by atoms with Crippen molar-refractivity contribution < 1.29 is 26.9 Å². The highest BCUT2D eigenvalue weighted by atomic mass is 127. The van der Waals surface area contributed by atoms with Crippen LogP contribution in [-0.4, -0.2) is 30.4 Å². The Kier molecular flexibility index (Phi) is 17.0. The van der Waals surface area contributed by atoms with Gasteiger partial charge < -0.3 is 17.3 Å². The van der Waals surface area contributed by atoms with Gasteiger partial charge in [-0.1, -0.05) is 39.0 Å². The quantitative estimate of drug-likeness (QED) is 0.119. The largest absolute Gasteiger partial charge is 0.494 e. The number of halogens is 1. The van der Waals surface area contributed by atoms with Gasteiger partial charge in [-0.05, 0) is 57.9 Å². The summed E-state index contributed by atoms with van der Waals surface area (Å²) in [6, 6.07) is 7.10. The summed E-state index contributed by atoms with van der Waals surface area (Å²) in [6.07, 6.45) is 10.2. The van der Waals surface area contributed by atoms with Crippen molar-refractivity contribution in [3.8, 4) is 5.75 Å². The lowest BCUT2D eigenvalue weighted by molar-refractivity contribution is -0.130. The van der Waals surface area contributed by atoms with Crippen LogP contribution in [0, 0.1) is 0 Å². The Morgan fingerprint density at radius 2 is 1.48 bits per heavy atom. The number of ether oxygens (including phenoxy) is 2. The van der Waals surface area contributed by atoms with Crippen LogP contribution in [0.4, 0.5) is 0 Å². The molecule has 176 valence electrons. The molecule has 7 heteroatoms. The average Bonchev–Trinajstić information content (AvgIpc) is 2.74. The van der Waals surface area contributed by atoms with Crippen molar-refractivity contribution in [3.05, 3.63) is 29.8 Å². The summed E-state index contributed by atoms with van der Waals surface area (Å²) < 4.78 is 15.3. The van der Waals surface area contributed by atoms with E-state index in [1.165, 1.54) is 19.3 Å². The summed E-state index contributed by atoms with van der Waals surface area (Å²) >= 11 is 1.56. The molecule has 1 rings (SSSR count). The molecule has 0 atom stereocenters. The van der Waals surface area contributed by atoms with Gasteiger partial charge in [0.2, 0.25) is 0 Å². The Morgan fingerprint density at radius 1 is 0.935 bits per heavy atom. The van der Waals surface area contributed by atoms with Gasteiger partial charge in [-0.2, -0.15) is 0 Å². The highest BCUT2D eigenvalue weighted by Crippen LogP contribution is 2.17. The minimum absolute atomic E-state index is 0.171. The number of hydrogen-bond donors (Lipinski definition) is 0. The molecule has 0 amide bonds. The minimum Gasteiger partial charge on any atom is -0.494 e. The van der Waals surface area contributed by atoms with E-state index in [0.29, 0.717) is 25.0 Å². The summed E-state index contributed by atoms with van der Waals surface area (Å²) in [5, 5.41) is 0. The molecule has 1 aromatic rings. The van der Waals surface area contributed by atoms with E-state index in [1.54, 1.807) is 42.1 Å². The predicted octanol–water partition coefficient (Wildman–Crippen LogP) is 6.63. The zero-order valence-corrected chi connectivity index (χ0v) is 21.4. The lowest BCUT2D eigenvalue weighted by atomic mass is 10.1. The first-order chi connectivity index (χ1) is 14.7. The van der Waals surface area contributed by atoms with Gasteiger partial charge in [0.15, 0.2) is 23.0 Å². The average molecular weight is 548 g/mol. The molecule has 6 nitrogen and oxygen atoms in total. The summed E-state index contributed by atoms with van der Waals surface area (Å²) in [7, 11) is 0. The molecule has 0 saturated carbocycles. The van der Waals surface area contributed by atoms with Crippen LogP contribution >= 0.6 is 23.0 Å². The van der Waals surface area contributed by atoms with Crippen molar-refractivity contribution in [2.75, 3.05) is 6.61 Å². The summed E-state index contributed by atoms with van der Waals surface area (Å²) in [4.78, 5) is 32.1. The van der Waals surface area contributed by atoms with Crippen LogP contribution in [0.25, 0.3) is 0 Å². The molecule has 0 aliphatic carbocycles. The lowest BCUT2D eigenvalue weighted by Crippen LogP contribution is -2.23. The number of rotatable bonds is 13. The Labute approximate surface area is 201 Å². The molecule has 0 aliphatic heterocycles. The standard InChI is InChI=1S/C21H32O4.C3H5IO2/c1-21(2,3)25-20(23)18-12-14-19(15-13-18)24-17-11-9-7-5-4-6-8-10-16-22;1-2-3(5)6-4/h12-16H,4-11,17H2,1-3H3;2H2,1H3. The van der Waals surface area contributed by atoms with Crippen LogP contribution in [0.2, 0.25) is 0 Å². The number of unbranched alkanes of at least 4 members (excludes halogenated alkanes) is 7. The second-order valence-corrected chi connectivity index (χ2v) is 8.55. The van der Waals surface area contributed by atoms with Gasteiger partial charge in [-0.3, -0.25) is 4.79 Å². The maximum atomic E-state index is 11.9. The number of carbonyl (C=O) groups is 3. The van der Waals surface area contributed by atoms with Crippen molar-refractivity contribution in [1.29, 1.82) is 0 Å². The highest BCUT2D eigenvalue weighted by molar-refractivity contribution is 14.1. The molecule has 0 fully saturated rings. The number of hydrogen-bond acceptors (Lipinski definition) is 6. The monoisotopic (exact) mass is 548 g/mol. The molecule has 0 heterocycles. The van der Waals surface area contributed by atoms with Gasteiger partial charge in [0.05, 0.1) is 12.2 Å². The van der Waals surface area contributed by atoms with E-state index in [2.05, 4.69) is 3.07 Å². The Balaban J connectivity index is 0.00000131. The Bertz CT molecular complexity index is 616. The van der Waals surface area contributed by atoms with E-state index in [9.17, 15) is 14.4 Å². The summed E-state index contributed by atoms with van der Waals surface area (Å²) in [5.41, 5.74) is 0.0534. The molecule has 1 aromatic carbocycles. The first kappa shape index (κ1) is 29.4. The van der Waals surface area contributed by atoms with Crippen molar-refractivity contribution in [2.24, 2.45) is 0 Å². The SMILES string of the molecule is CC(C)(C)OC(=O)c1ccc(OCCCCCCCCCC=O)cc1.CCC(=O)OI. The maximum absolute atomic E-state index is 11.9. The summed E-state index contributed by atoms with van der Waals surface area (Å²) in [6.45, 7) is 8.01. The minimum atomic E-state index is -0.485. The normalized spacial score (nSPS) is 10.5. The van der Waals surface area contributed by atoms with Crippen LogP contribution in [-0.2, 0) is 17.4 Å². The van der Waals surface area contributed by atoms with Crippen LogP contribution in [0.1, 0.15) is 95.8 Å². The smallest absolute Gasteiger partial charge is 0.338 e. The van der Waals surface area contributed by atoms with Gasteiger partial charge in [0.1, 0.15) is 17.6 Å². The molecule has 0 saturated heterocycles. The van der Waals surface area contributed by atoms with Crippen molar-refractivity contribution in [3.63, 3.8) is 0 Å². The van der Waals surface area contributed by atoms with E-state index >= 15 is 0 Å². The van der Waals surface area contributed by atoms with Crippen molar-refractivity contribution in [1.82, 2.24) is 0 Å². The topological polar surface area (TPSA) is 78.9 Å². The van der Waals surface area contributed by atoms with Crippen LogP contribution in [0.5, 0.6) is 5.75 Å². The zero-order valence-electron chi connectivity index (χ0n) is 19.3. The fourth-order valence-electron chi connectivity index (χ4n) is 2.48. The second kappa shape index (κ2) is 18.0. The molecular weight excluding hydrogens is 511 g/mol. The fourth-order valence-corrected chi connectivity index (χ4v) is 2.79. The maximum Gasteiger partial charge on any atom is 0.338 e. The van der Waals surface area contributed by atoms with E-state index in [1.807, 2.05) is 32.9 Å². The molecular formula is C24H37IO6. The predicted molar refractivity (Wildman–Crippen MR) is 131 cm³/mol. The van der Waals surface area contributed by atoms with Crippen molar-refractivity contribution in [2.45, 2.75) is 91.1 Å². The third kappa shape index (κ3) is 17.7. The van der Waals surface area contributed by atoms with E-state index < -0.39 is 5.60 Å². The third-order valence-corrected chi connectivity index (χ3v) is 4.59. The fraction of sp³-hybridized carbons (Fsp3) is 0.625. The van der Waals surface area contributed by atoms with Crippen LogP contribution in [0.3, 0.4) is 0 Å². The van der Waals surface area contributed by atoms with Gasteiger partial charge in [-0.25, -0.2) is 4.79 Å². The van der Waals surface area contributed by atoms with Gasteiger partial charge in [0.25, 0.3) is 0 Å². The molecule has 0 N–H and O–H groups in total. The number of esters is 1. The summed E-state index contributed by atoms with van der Waals surface area (Å²) in [5.74, 6) is 0.295. The number of benzene rings is 1. The van der Waals surface area contributed by atoms with Gasteiger partial charge in [0, 0.05) is 12.8 Å². The first-order valence-electron chi connectivity index (χ1n) is 10.9. The molecule has 0 unspecified atom stereocenters. The lowest BCUT2D eigenvalue weighted by Gasteiger charge is -2.19. The molecule has 0 spiro atoms. The molecule has 31 heavy (non-hydrogen) atoms. The number of aldehydes is 1. The molecule has 0 bridgehead atoms.